The van der Waals surface area contributed by atoms with Crippen LogP contribution in [0.2, 0.25) is 0 Å². The number of carbonyl (C=O) groups is 1. The maximum absolute atomic E-state index is 12.3. The number of imidazole rings is 1. The number of pyridine rings is 1. The van der Waals surface area contributed by atoms with Gasteiger partial charge in [-0.25, -0.2) is 9.97 Å². The van der Waals surface area contributed by atoms with E-state index in [9.17, 15) is 4.79 Å². The Bertz CT molecular complexity index is 887. The first-order chi connectivity index (χ1) is 12.2. The van der Waals surface area contributed by atoms with Crippen molar-refractivity contribution in [3.05, 3.63) is 48.2 Å². The van der Waals surface area contributed by atoms with E-state index in [1.54, 1.807) is 6.20 Å². The van der Waals surface area contributed by atoms with Crippen LogP contribution in [0.15, 0.2) is 42.6 Å². The van der Waals surface area contributed by atoms with E-state index in [0.717, 1.165) is 41.9 Å². The second-order valence-corrected chi connectivity index (χ2v) is 6.75. The first-order valence-electron chi connectivity index (χ1n) is 8.91. The lowest BCUT2D eigenvalue weighted by atomic mass is 10.0. The van der Waals surface area contributed by atoms with E-state index < -0.39 is 0 Å². The molecule has 1 unspecified atom stereocenters. The number of aromatic nitrogens is 3. The molecule has 128 valence electrons. The molecule has 0 bridgehead atoms. The number of rotatable bonds is 5. The van der Waals surface area contributed by atoms with Gasteiger partial charge in [-0.2, -0.15) is 0 Å². The third-order valence-corrected chi connectivity index (χ3v) is 4.88. The average molecular weight is 334 g/mol. The Morgan fingerprint density at radius 2 is 2.08 bits per heavy atom. The van der Waals surface area contributed by atoms with Crippen LogP contribution >= 0.6 is 0 Å². The van der Waals surface area contributed by atoms with Gasteiger partial charge in [-0.05, 0) is 18.4 Å². The van der Waals surface area contributed by atoms with Gasteiger partial charge in [-0.3, -0.25) is 4.79 Å². The Balaban J connectivity index is 1.62. The molecule has 1 aromatic carbocycles. The van der Waals surface area contributed by atoms with Crippen LogP contribution in [0.25, 0.3) is 22.6 Å². The number of likely N-dealkylation sites (tertiary alicyclic amines) is 1. The summed E-state index contributed by atoms with van der Waals surface area (Å²) in [5.74, 6) is 1.56. The summed E-state index contributed by atoms with van der Waals surface area (Å²) in [4.78, 5) is 26.7. The quantitative estimate of drug-likeness (QED) is 0.772. The number of nitrogens with zero attached hydrogens (tertiary/aromatic N) is 3. The molecule has 4 rings (SSSR count). The van der Waals surface area contributed by atoms with Gasteiger partial charge in [0.05, 0.1) is 5.52 Å². The fourth-order valence-corrected chi connectivity index (χ4v) is 3.64. The van der Waals surface area contributed by atoms with Crippen molar-refractivity contribution in [2.75, 3.05) is 6.54 Å². The molecule has 5 nitrogen and oxygen atoms in total. The summed E-state index contributed by atoms with van der Waals surface area (Å²) in [5, 5.41) is 0. The molecule has 1 amide bonds. The summed E-state index contributed by atoms with van der Waals surface area (Å²) in [6.07, 6.45) is 4.71. The van der Waals surface area contributed by atoms with E-state index in [1.165, 1.54) is 0 Å². The molecule has 3 aromatic rings. The van der Waals surface area contributed by atoms with E-state index in [4.69, 9.17) is 0 Å². The van der Waals surface area contributed by atoms with Crippen molar-refractivity contribution in [3.8, 4) is 11.4 Å². The van der Waals surface area contributed by atoms with Crippen molar-refractivity contribution in [2.24, 2.45) is 5.92 Å². The maximum Gasteiger partial charge on any atom is 0.223 e. The summed E-state index contributed by atoms with van der Waals surface area (Å²) in [6, 6.07) is 12.0. The number of hydrogen-bond donors (Lipinski definition) is 1. The number of amides is 1. The number of carbonyl (C=O) groups excluding carboxylic acids is 1. The molecule has 1 saturated heterocycles. The third-order valence-electron chi connectivity index (χ3n) is 4.88. The first kappa shape index (κ1) is 15.8. The predicted molar refractivity (Wildman–Crippen MR) is 97.8 cm³/mol. The number of hydrogen-bond acceptors (Lipinski definition) is 3. The van der Waals surface area contributed by atoms with Gasteiger partial charge in [-0.1, -0.05) is 43.7 Å². The highest BCUT2D eigenvalue weighted by molar-refractivity contribution is 5.81. The number of benzene rings is 1. The largest absolute Gasteiger partial charge is 0.338 e. The van der Waals surface area contributed by atoms with Crippen LogP contribution < -0.4 is 0 Å². The molecule has 3 heterocycles. The molecule has 0 spiro atoms. The molecular formula is C20H22N4O. The topological polar surface area (TPSA) is 61.9 Å². The summed E-state index contributed by atoms with van der Waals surface area (Å²) < 4.78 is 0. The highest BCUT2D eigenvalue weighted by Gasteiger charge is 2.29. The van der Waals surface area contributed by atoms with Crippen LogP contribution in [0, 0.1) is 5.92 Å². The van der Waals surface area contributed by atoms with Crippen LogP contribution in [-0.2, 0) is 11.3 Å². The van der Waals surface area contributed by atoms with E-state index in [2.05, 4.69) is 21.9 Å². The van der Waals surface area contributed by atoms with Gasteiger partial charge in [0, 0.05) is 36.8 Å². The van der Waals surface area contributed by atoms with E-state index in [1.807, 2.05) is 41.3 Å². The minimum absolute atomic E-state index is 0.256. The SMILES string of the molecule is CCCC1CC(=O)N(Cc2ccnc3nc(-c4ccccc4)[nH]c23)C1. The average Bonchev–Trinajstić information content (AvgIpc) is 3.21. The van der Waals surface area contributed by atoms with Crippen LogP contribution in [0.4, 0.5) is 0 Å². The van der Waals surface area contributed by atoms with Gasteiger partial charge in [0.2, 0.25) is 5.91 Å². The van der Waals surface area contributed by atoms with Gasteiger partial charge >= 0.3 is 0 Å². The second kappa shape index (κ2) is 6.67. The Morgan fingerprint density at radius 3 is 2.88 bits per heavy atom. The molecule has 1 aliphatic rings. The van der Waals surface area contributed by atoms with Crippen LogP contribution in [0.3, 0.4) is 0 Å². The second-order valence-electron chi connectivity index (χ2n) is 6.75. The summed E-state index contributed by atoms with van der Waals surface area (Å²) >= 11 is 0. The van der Waals surface area contributed by atoms with Crippen molar-refractivity contribution in [2.45, 2.75) is 32.7 Å². The number of H-pyrrole nitrogens is 1. The number of fused-ring (bicyclic) bond motifs is 1. The fraction of sp³-hybridized carbons (Fsp3) is 0.350. The lowest BCUT2D eigenvalue weighted by molar-refractivity contribution is -0.128. The van der Waals surface area contributed by atoms with Crippen molar-refractivity contribution in [1.82, 2.24) is 19.9 Å². The standard InChI is InChI=1S/C20H22N4O/c1-2-6-14-11-17(25)24(12-14)13-16-9-10-21-20-18(16)22-19(23-20)15-7-4-3-5-8-15/h3-5,7-10,14H,2,6,11-13H2,1H3,(H,21,22,23). The summed E-state index contributed by atoms with van der Waals surface area (Å²) in [6.45, 7) is 3.65. The molecule has 0 aliphatic carbocycles. The van der Waals surface area contributed by atoms with Crippen molar-refractivity contribution in [1.29, 1.82) is 0 Å². The lowest BCUT2D eigenvalue weighted by Gasteiger charge is -2.17. The fourth-order valence-electron chi connectivity index (χ4n) is 3.64. The maximum atomic E-state index is 12.3. The number of nitrogens with one attached hydrogen (secondary N) is 1. The zero-order chi connectivity index (χ0) is 17.2. The first-order valence-corrected chi connectivity index (χ1v) is 8.91. The zero-order valence-corrected chi connectivity index (χ0v) is 14.4. The molecule has 1 atom stereocenters. The van der Waals surface area contributed by atoms with Gasteiger partial charge in [0.15, 0.2) is 5.65 Å². The minimum Gasteiger partial charge on any atom is -0.338 e. The monoisotopic (exact) mass is 334 g/mol. The molecule has 0 saturated carbocycles. The van der Waals surface area contributed by atoms with Gasteiger partial charge in [0.25, 0.3) is 0 Å². The molecule has 5 heteroatoms. The highest BCUT2D eigenvalue weighted by atomic mass is 16.2. The van der Waals surface area contributed by atoms with E-state index in [0.29, 0.717) is 24.5 Å². The molecule has 0 radical (unpaired) electrons. The number of aromatic amines is 1. The zero-order valence-electron chi connectivity index (χ0n) is 14.4. The van der Waals surface area contributed by atoms with E-state index in [-0.39, 0.29) is 5.91 Å². The molecule has 1 fully saturated rings. The van der Waals surface area contributed by atoms with Crippen molar-refractivity contribution in [3.63, 3.8) is 0 Å². The summed E-state index contributed by atoms with van der Waals surface area (Å²) in [5.41, 5.74) is 3.73. The van der Waals surface area contributed by atoms with Crippen molar-refractivity contribution >= 4 is 17.1 Å². The Labute approximate surface area is 147 Å². The van der Waals surface area contributed by atoms with Crippen molar-refractivity contribution < 1.29 is 4.79 Å². The molecule has 1 aliphatic heterocycles. The third kappa shape index (κ3) is 3.14. The Kier molecular flexibility index (Phi) is 4.22. The lowest BCUT2D eigenvalue weighted by Crippen LogP contribution is -2.24. The Morgan fingerprint density at radius 1 is 1.24 bits per heavy atom. The van der Waals surface area contributed by atoms with E-state index >= 15 is 0 Å². The molecular weight excluding hydrogens is 312 g/mol. The molecule has 25 heavy (non-hydrogen) atoms. The van der Waals surface area contributed by atoms with Crippen LogP contribution in [0.1, 0.15) is 31.7 Å². The van der Waals surface area contributed by atoms with Crippen LogP contribution in [0.5, 0.6) is 0 Å². The minimum atomic E-state index is 0.256. The normalized spacial score (nSPS) is 17.6. The predicted octanol–water partition coefficient (Wildman–Crippen LogP) is 3.77. The molecule has 1 N–H and O–H groups in total. The Hall–Kier alpha value is -2.69. The van der Waals surface area contributed by atoms with Gasteiger partial charge < -0.3 is 9.88 Å². The smallest absolute Gasteiger partial charge is 0.223 e. The molecule has 2 aromatic heterocycles. The summed E-state index contributed by atoms with van der Waals surface area (Å²) in [7, 11) is 0. The van der Waals surface area contributed by atoms with Gasteiger partial charge in [0.1, 0.15) is 5.82 Å². The van der Waals surface area contributed by atoms with Crippen LogP contribution in [-0.4, -0.2) is 32.3 Å². The highest BCUT2D eigenvalue weighted by Crippen LogP contribution is 2.26. The van der Waals surface area contributed by atoms with Gasteiger partial charge in [-0.15, -0.1) is 0 Å².